The van der Waals surface area contributed by atoms with Crippen molar-refractivity contribution in [2.75, 3.05) is 0 Å². The van der Waals surface area contributed by atoms with Gasteiger partial charge in [-0.25, -0.2) is 0 Å². The van der Waals surface area contributed by atoms with E-state index in [2.05, 4.69) is 30.8 Å². The fourth-order valence-electron chi connectivity index (χ4n) is 2.39. The second-order valence-electron chi connectivity index (χ2n) is 4.23. The molecule has 1 aliphatic heterocycles. The first kappa shape index (κ1) is 10.8. The molecule has 0 N–H and O–H groups in total. The topological polar surface area (TPSA) is 9.23 Å². The summed E-state index contributed by atoms with van der Waals surface area (Å²) in [5.41, 5.74) is 4.59. The lowest BCUT2D eigenvalue weighted by atomic mass is 9.91. The van der Waals surface area contributed by atoms with E-state index in [0.29, 0.717) is 0 Å². The Morgan fingerprint density at radius 2 is 1.78 bits per heavy atom. The van der Waals surface area contributed by atoms with Crippen molar-refractivity contribution >= 4 is 11.8 Å². The third kappa shape index (κ3) is 1.48. The molecule has 0 saturated heterocycles. The van der Waals surface area contributed by atoms with Crippen LogP contribution in [-0.2, 0) is 0 Å². The molecule has 0 bridgehead atoms. The Hall–Kier alpha value is -2.28. The fourth-order valence-corrected chi connectivity index (χ4v) is 2.39. The predicted molar refractivity (Wildman–Crippen MR) is 76.2 cm³/mol. The van der Waals surface area contributed by atoms with Gasteiger partial charge in [-0.2, -0.15) is 0 Å². The summed E-state index contributed by atoms with van der Waals surface area (Å²) in [5, 5.41) is 0. The van der Waals surface area contributed by atoms with Crippen molar-refractivity contribution in [2.24, 2.45) is 0 Å². The molecular formula is C17H14O. The van der Waals surface area contributed by atoms with E-state index in [0.717, 1.165) is 28.2 Å². The Labute approximate surface area is 107 Å². The molecule has 88 valence electrons. The number of hydrogen-bond donors (Lipinski definition) is 0. The van der Waals surface area contributed by atoms with Gasteiger partial charge in [-0.05, 0) is 30.2 Å². The Balaban J connectivity index is 2.38. The first-order chi connectivity index (χ1) is 8.85. The molecule has 1 aliphatic rings. The lowest BCUT2D eigenvalue weighted by Crippen LogP contribution is -2.06. The van der Waals surface area contributed by atoms with Crippen LogP contribution in [0.5, 0.6) is 5.75 Å². The quantitative estimate of drug-likeness (QED) is 0.691. The third-order valence-corrected chi connectivity index (χ3v) is 3.22. The van der Waals surface area contributed by atoms with Crippen LogP contribution in [0.4, 0.5) is 0 Å². The van der Waals surface area contributed by atoms with Gasteiger partial charge in [0.15, 0.2) is 0 Å². The Morgan fingerprint density at radius 3 is 2.56 bits per heavy atom. The van der Waals surface area contributed by atoms with Gasteiger partial charge in [0.25, 0.3) is 0 Å². The number of para-hydroxylation sites is 1. The highest BCUT2D eigenvalue weighted by Crippen LogP contribution is 2.43. The normalized spacial score (nSPS) is 14.6. The van der Waals surface area contributed by atoms with Crippen molar-refractivity contribution < 1.29 is 4.74 Å². The summed E-state index contributed by atoms with van der Waals surface area (Å²) in [7, 11) is 0. The Kier molecular flexibility index (Phi) is 2.52. The van der Waals surface area contributed by atoms with E-state index in [-0.39, 0.29) is 0 Å². The highest BCUT2D eigenvalue weighted by Gasteiger charge is 2.22. The van der Waals surface area contributed by atoms with E-state index in [9.17, 15) is 0 Å². The number of benzene rings is 2. The standard InChI is InChI=1S/C17H14O/c1-3-12-8-7-10-14-13-9-5-6-11-16(13)18-15(4-2)17(12)14/h3-11H,1H2,2H3/b15-4+. The van der Waals surface area contributed by atoms with Gasteiger partial charge in [0, 0.05) is 11.1 Å². The van der Waals surface area contributed by atoms with Crippen LogP contribution in [0.1, 0.15) is 18.1 Å². The fraction of sp³-hybridized carbons (Fsp3) is 0.0588. The Bertz CT molecular complexity index is 650. The van der Waals surface area contributed by atoms with Gasteiger partial charge in [-0.15, -0.1) is 0 Å². The highest BCUT2D eigenvalue weighted by atomic mass is 16.5. The monoisotopic (exact) mass is 234 g/mol. The van der Waals surface area contributed by atoms with E-state index >= 15 is 0 Å². The van der Waals surface area contributed by atoms with Crippen LogP contribution in [0.3, 0.4) is 0 Å². The minimum absolute atomic E-state index is 0.902. The average Bonchev–Trinajstić information content (AvgIpc) is 2.45. The largest absolute Gasteiger partial charge is 0.456 e. The lowest BCUT2D eigenvalue weighted by molar-refractivity contribution is 0.511. The van der Waals surface area contributed by atoms with Crippen LogP contribution >= 0.6 is 0 Å². The van der Waals surface area contributed by atoms with Crippen LogP contribution in [0.2, 0.25) is 0 Å². The number of ether oxygens (including phenoxy) is 1. The summed E-state index contributed by atoms with van der Waals surface area (Å²) in [6.45, 7) is 5.87. The minimum Gasteiger partial charge on any atom is -0.456 e. The van der Waals surface area contributed by atoms with Crippen LogP contribution in [0, 0.1) is 0 Å². The molecule has 0 radical (unpaired) electrons. The Morgan fingerprint density at radius 1 is 1.00 bits per heavy atom. The number of fused-ring (bicyclic) bond motifs is 3. The molecule has 0 amide bonds. The SMILES string of the molecule is C=Cc1cccc2c1/C(=C\C)Oc1ccccc1-2. The zero-order valence-electron chi connectivity index (χ0n) is 10.3. The molecule has 2 aromatic rings. The number of allylic oxidation sites excluding steroid dienone is 1. The summed E-state index contributed by atoms with van der Waals surface area (Å²) < 4.78 is 5.96. The summed E-state index contributed by atoms with van der Waals surface area (Å²) in [4.78, 5) is 0. The maximum absolute atomic E-state index is 5.96. The second kappa shape index (κ2) is 4.19. The molecule has 0 atom stereocenters. The molecule has 1 heteroatoms. The van der Waals surface area contributed by atoms with Crippen molar-refractivity contribution in [2.45, 2.75) is 6.92 Å². The molecule has 3 rings (SSSR count). The number of rotatable bonds is 1. The van der Waals surface area contributed by atoms with Gasteiger partial charge >= 0.3 is 0 Å². The molecule has 0 spiro atoms. The van der Waals surface area contributed by atoms with Gasteiger partial charge in [-0.3, -0.25) is 0 Å². The number of hydrogen-bond acceptors (Lipinski definition) is 1. The van der Waals surface area contributed by atoms with E-state index in [1.165, 1.54) is 5.56 Å². The zero-order valence-corrected chi connectivity index (χ0v) is 10.3. The molecule has 0 saturated carbocycles. The predicted octanol–water partition coefficient (Wildman–Crippen LogP) is 4.75. The molecular weight excluding hydrogens is 220 g/mol. The molecule has 2 aromatic carbocycles. The molecule has 1 heterocycles. The molecule has 1 nitrogen and oxygen atoms in total. The molecule has 0 aromatic heterocycles. The van der Waals surface area contributed by atoms with E-state index in [4.69, 9.17) is 4.74 Å². The van der Waals surface area contributed by atoms with Crippen molar-refractivity contribution in [3.8, 4) is 16.9 Å². The van der Waals surface area contributed by atoms with Crippen LogP contribution in [-0.4, -0.2) is 0 Å². The third-order valence-electron chi connectivity index (χ3n) is 3.22. The van der Waals surface area contributed by atoms with E-state index in [1.807, 2.05) is 37.3 Å². The first-order valence-corrected chi connectivity index (χ1v) is 6.04. The molecule has 0 aliphatic carbocycles. The summed E-state index contributed by atoms with van der Waals surface area (Å²) >= 11 is 0. The van der Waals surface area contributed by atoms with Crippen LogP contribution < -0.4 is 4.74 Å². The maximum atomic E-state index is 5.96. The lowest BCUT2D eigenvalue weighted by Gasteiger charge is -2.24. The molecule has 18 heavy (non-hydrogen) atoms. The smallest absolute Gasteiger partial charge is 0.135 e. The van der Waals surface area contributed by atoms with E-state index < -0.39 is 0 Å². The van der Waals surface area contributed by atoms with Crippen molar-refractivity contribution in [1.82, 2.24) is 0 Å². The van der Waals surface area contributed by atoms with Crippen LogP contribution in [0.25, 0.3) is 23.0 Å². The summed E-state index contributed by atoms with van der Waals surface area (Å²) in [5.74, 6) is 1.82. The van der Waals surface area contributed by atoms with Gasteiger partial charge in [0.1, 0.15) is 11.5 Å². The van der Waals surface area contributed by atoms with E-state index in [1.54, 1.807) is 0 Å². The van der Waals surface area contributed by atoms with Crippen molar-refractivity contribution in [3.05, 3.63) is 66.2 Å². The first-order valence-electron chi connectivity index (χ1n) is 6.04. The molecule has 0 unspecified atom stereocenters. The van der Waals surface area contributed by atoms with Crippen LogP contribution in [0.15, 0.2) is 55.1 Å². The summed E-state index contributed by atoms with van der Waals surface area (Å²) in [6.07, 6.45) is 3.88. The highest BCUT2D eigenvalue weighted by molar-refractivity contribution is 5.90. The van der Waals surface area contributed by atoms with Gasteiger partial charge < -0.3 is 4.74 Å². The minimum atomic E-state index is 0.902. The van der Waals surface area contributed by atoms with Crippen molar-refractivity contribution in [3.63, 3.8) is 0 Å². The average molecular weight is 234 g/mol. The maximum Gasteiger partial charge on any atom is 0.135 e. The van der Waals surface area contributed by atoms with Crippen molar-refractivity contribution in [1.29, 1.82) is 0 Å². The zero-order chi connectivity index (χ0) is 12.5. The second-order valence-corrected chi connectivity index (χ2v) is 4.23. The van der Waals surface area contributed by atoms with Gasteiger partial charge in [-0.1, -0.05) is 49.1 Å². The molecule has 0 fully saturated rings. The van der Waals surface area contributed by atoms with Gasteiger partial charge in [0.2, 0.25) is 0 Å². The van der Waals surface area contributed by atoms with Gasteiger partial charge in [0.05, 0.1) is 0 Å². The summed E-state index contributed by atoms with van der Waals surface area (Å²) in [6, 6.07) is 14.4.